The third-order valence-corrected chi connectivity index (χ3v) is 4.45. The van der Waals surface area contributed by atoms with E-state index in [9.17, 15) is 9.59 Å². The minimum Gasteiger partial charge on any atom is -0.457 e. The van der Waals surface area contributed by atoms with E-state index < -0.39 is 0 Å². The Morgan fingerprint density at radius 2 is 2.21 bits per heavy atom. The Labute approximate surface area is 148 Å². The number of amides is 2. The van der Waals surface area contributed by atoms with E-state index in [1.54, 1.807) is 36.4 Å². The summed E-state index contributed by atoms with van der Waals surface area (Å²) in [6.07, 6.45) is 1.65. The molecule has 2 aromatic rings. The average molecular weight is 358 g/mol. The van der Waals surface area contributed by atoms with Crippen LogP contribution >= 0.6 is 24.0 Å². The average Bonchev–Trinajstić information content (AvgIpc) is 3.15. The first-order chi connectivity index (χ1) is 11.6. The summed E-state index contributed by atoms with van der Waals surface area (Å²) < 4.78 is 6.20. The van der Waals surface area contributed by atoms with E-state index >= 15 is 0 Å². The van der Waals surface area contributed by atoms with Crippen LogP contribution in [-0.4, -0.2) is 22.7 Å². The van der Waals surface area contributed by atoms with Crippen molar-refractivity contribution in [3.05, 3.63) is 52.6 Å². The van der Waals surface area contributed by atoms with Crippen molar-refractivity contribution in [1.29, 1.82) is 0 Å². The van der Waals surface area contributed by atoms with E-state index in [2.05, 4.69) is 10.6 Å². The fourth-order valence-electron chi connectivity index (χ4n) is 2.21. The van der Waals surface area contributed by atoms with E-state index in [1.807, 2.05) is 13.0 Å². The molecule has 2 amide bonds. The largest absolute Gasteiger partial charge is 0.457 e. The third kappa shape index (κ3) is 3.58. The van der Waals surface area contributed by atoms with Crippen LogP contribution in [0.25, 0.3) is 17.4 Å². The molecule has 5 nitrogen and oxygen atoms in total. The predicted octanol–water partition coefficient (Wildman–Crippen LogP) is 3.19. The highest BCUT2D eigenvalue weighted by Gasteiger charge is 2.22. The highest BCUT2D eigenvalue weighted by molar-refractivity contribution is 8.26. The molecule has 1 saturated heterocycles. The second-order valence-electron chi connectivity index (χ2n) is 4.99. The topological polar surface area (TPSA) is 71.3 Å². The number of benzene rings is 1. The zero-order chi connectivity index (χ0) is 17.1. The summed E-state index contributed by atoms with van der Waals surface area (Å²) in [5, 5.41) is 5.32. The summed E-state index contributed by atoms with van der Waals surface area (Å²) in [7, 11) is 0. The number of nitrogens with one attached hydrogen (secondary N) is 2. The first-order valence-corrected chi connectivity index (χ1v) is 8.52. The van der Waals surface area contributed by atoms with Crippen molar-refractivity contribution >= 4 is 46.2 Å². The molecule has 1 aromatic heterocycles. The fourth-order valence-corrected chi connectivity index (χ4v) is 3.24. The number of furan rings is 1. The molecule has 2 N–H and O–H groups in total. The molecule has 2 heterocycles. The lowest BCUT2D eigenvalue weighted by molar-refractivity contribution is -0.115. The van der Waals surface area contributed by atoms with Crippen LogP contribution in [0.5, 0.6) is 0 Å². The van der Waals surface area contributed by atoms with Gasteiger partial charge in [0.2, 0.25) is 0 Å². The Kier molecular flexibility index (Phi) is 4.82. The van der Waals surface area contributed by atoms with Gasteiger partial charge in [0.25, 0.3) is 11.8 Å². The van der Waals surface area contributed by atoms with Gasteiger partial charge >= 0.3 is 0 Å². The molecule has 1 aliphatic heterocycles. The van der Waals surface area contributed by atoms with Gasteiger partial charge in [-0.15, -0.1) is 0 Å². The van der Waals surface area contributed by atoms with Gasteiger partial charge in [-0.05, 0) is 31.2 Å². The second kappa shape index (κ2) is 7.02. The molecule has 3 rings (SSSR count). The number of thiocarbonyl (C=S) groups is 1. The van der Waals surface area contributed by atoms with Crippen molar-refractivity contribution in [2.45, 2.75) is 6.92 Å². The monoisotopic (exact) mass is 358 g/mol. The summed E-state index contributed by atoms with van der Waals surface area (Å²) in [6, 6.07) is 10.8. The molecule has 0 spiro atoms. The highest BCUT2D eigenvalue weighted by atomic mass is 32.2. The van der Waals surface area contributed by atoms with Gasteiger partial charge in [0.05, 0.1) is 4.91 Å². The molecule has 0 saturated carbocycles. The van der Waals surface area contributed by atoms with Crippen LogP contribution in [0, 0.1) is 0 Å². The minimum absolute atomic E-state index is 0.124. The lowest BCUT2D eigenvalue weighted by Gasteiger charge is -2.03. The number of carbonyl (C=O) groups is 2. The fraction of sp³-hybridized carbons (Fsp3) is 0.118. The Hall–Kier alpha value is -2.38. The Morgan fingerprint density at radius 1 is 1.38 bits per heavy atom. The summed E-state index contributed by atoms with van der Waals surface area (Å²) >= 11 is 6.16. The van der Waals surface area contributed by atoms with E-state index in [1.165, 1.54) is 11.8 Å². The molecule has 0 bridgehead atoms. The van der Waals surface area contributed by atoms with Crippen LogP contribution in [0.2, 0.25) is 0 Å². The summed E-state index contributed by atoms with van der Waals surface area (Å²) in [5.74, 6) is 0.830. The molecule has 0 atom stereocenters. The molecule has 1 aliphatic rings. The normalized spacial score (nSPS) is 15.6. The smallest absolute Gasteiger partial charge is 0.263 e. The van der Waals surface area contributed by atoms with Crippen molar-refractivity contribution in [2.24, 2.45) is 0 Å². The van der Waals surface area contributed by atoms with Crippen LogP contribution in [0.4, 0.5) is 0 Å². The zero-order valence-corrected chi connectivity index (χ0v) is 14.4. The number of hydrogen-bond acceptors (Lipinski definition) is 5. The van der Waals surface area contributed by atoms with Gasteiger partial charge in [-0.2, -0.15) is 0 Å². The third-order valence-electron chi connectivity index (χ3n) is 3.29. The van der Waals surface area contributed by atoms with Crippen molar-refractivity contribution < 1.29 is 14.0 Å². The first kappa shape index (κ1) is 16.5. The summed E-state index contributed by atoms with van der Waals surface area (Å²) in [6.45, 7) is 2.44. The minimum atomic E-state index is -0.221. The lowest BCUT2D eigenvalue weighted by Crippen LogP contribution is -2.22. The molecule has 1 aromatic carbocycles. The van der Waals surface area contributed by atoms with Crippen molar-refractivity contribution in [3.63, 3.8) is 0 Å². The molecule has 0 unspecified atom stereocenters. The van der Waals surface area contributed by atoms with Gasteiger partial charge in [-0.1, -0.05) is 36.1 Å². The first-order valence-electron chi connectivity index (χ1n) is 7.30. The molecule has 7 heteroatoms. The van der Waals surface area contributed by atoms with Crippen LogP contribution < -0.4 is 10.6 Å². The van der Waals surface area contributed by atoms with Crippen molar-refractivity contribution in [2.75, 3.05) is 6.54 Å². The maximum absolute atomic E-state index is 11.9. The maximum atomic E-state index is 11.9. The predicted molar refractivity (Wildman–Crippen MR) is 98.5 cm³/mol. The molecule has 1 fully saturated rings. The van der Waals surface area contributed by atoms with Crippen LogP contribution in [-0.2, 0) is 4.79 Å². The standard InChI is InChI=1S/C17H14N2O3S2/c1-2-18-15(20)11-5-3-4-10(8-11)13-7-6-12(22-13)9-14-16(21)19-17(23)24-14/h3-9H,2H2,1H3,(H,18,20)(H,19,21,23)/b14-9-. The molecule has 24 heavy (non-hydrogen) atoms. The van der Waals surface area contributed by atoms with E-state index in [0.717, 1.165) is 5.56 Å². The summed E-state index contributed by atoms with van der Waals surface area (Å²) in [4.78, 5) is 24.1. The van der Waals surface area contributed by atoms with Gasteiger partial charge in [-0.25, -0.2) is 0 Å². The maximum Gasteiger partial charge on any atom is 0.263 e. The van der Waals surface area contributed by atoms with Gasteiger partial charge in [0, 0.05) is 23.7 Å². The Morgan fingerprint density at radius 3 is 2.92 bits per heavy atom. The molecule has 0 radical (unpaired) electrons. The van der Waals surface area contributed by atoms with Gasteiger partial charge in [-0.3, -0.25) is 9.59 Å². The van der Waals surface area contributed by atoms with E-state index in [-0.39, 0.29) is 11.8 Å². The van der Waals surface area contributed by atoms with Crippen molar-refractivity contribution in [3.8, 4) is 11.3 Å². The van der Waals surface area contributed by atoms with E-state index in [4.69, 9.17) is 16.6 Å². The molecular formula is C17H14N2O3S2. The van der Waals surface area contributed by atoms with Gasteiger partial charge in [0.15, 0.2) is 0 Å². The highest BCUT2D eigenvalue weighted by Crippen LogP contribution is 2.29. The van der Waals surface area contributed by atoms with Gasteiger partial charge in [0.1, 0.15) is 15.8 Å². The van der Waals surface area contributed by atoms with Gasteiger partial charge < -0.3 is 15.1 Å². The number of thioether (sulfide) groups is 1. The summed E-state index contributed by atoms with van der Waals surface area (Å²) in [5.41, 5.74) is 1.36. The molecule has 0 aliphatic carbocycles. The van der Waals surface area contributed by atoms with E-state index in [0.29, 0.717) is 32.9 Å². The van der Waals surface area contributed by atoms with Crippen LogP contribution in [0.15, 0.2) is 45.7 Å². The van der Waals surface area contributed by atoms with Crippen molar-refractivity contribution in [1.82, 2.24) is 10.6 Å². The number of carbonyl (C=O) groups excluding carboxylic acids is 2. The molecule has 122 valence electrons. The quantitative estimate of drug-likeness (QED) is 0.649. The Bertz CT molecular complexity index is 855. The number of rotatable bonds is 4. The van der Waals surface area contributed by atoms with Crippen LogP contribution in [0.3, 0.4) is 0 Å². The second-order valence-corrected chi connectivity index (χ2v) is 6.71. The molecular weight excluding hydrogens is 344 g/mol. The number of hydrogen-bond donors (Lipinski definition) is 2. The lowest BCUT2D eigenvalue weighted by atomic mass is 10.1. The zero-order valence-electron chi connectivity index (χ0n) is 12.8. The van der Waals surface area contributed by atoms with Crippen LogP contribution in [0.1, 0.15) is 23.0 Å². The Balaban J connectivity index is 1.85. The SMILES string of the molecule is CCNC(=O)c1cccc(-c2ccc(/C=C3\SC(=S)NC3=O)o2)c1.